The normalized spacial score (nSPS) is 10.9. The minimum absolute atomic E-state index is 0.0620. The van der Waals surface area contributed by atoms with Crippen LogP contribution in [0.5, 0.6) is 0 Å². The zero-order valence-electron chi connectivity index (χ0n) is 15.9. The fourth-order valence-corrected chi connectivity index (χ4v) is 2.61. The maximum atomic E-state index is 12.1. The molecule has 0 aromatic heterocycles. The number of hydrogen-bond acceptors (Lipinski definition) is 5. The predicted molar refractivity (Wildman–Crippen MR) is 104 cm³/mol. The van der Waals surface area contributed by atoms with Crippen LogP contribution in [-0.2, 0) is 20.9 Å². The molecule has 0 radical (unpaired) electrons. The van der Waals surface area contributed by atoms with Crippen LogP contribution in [0.15, 0.2) is 48.2 Å². The molecule has 28 heavy (non-hydrogen) atoms. The summed E-state index contributed by atoms with van der Waals surface area (Å²) in [6.45, 7) is 3.61. The van der Waals surface area contributed by atoms with Gasteiger partial charge in [0, 0.05) is 5.56 Å². The monoisotopic (exact) mass is 382 g/mol. The number of ether oxygens (including phenoxy) is 2. The number of benzene rings is 2. The Bertz CT molecular complexity index is 897. The number of primary amides is 1. The number of alkyl carbamates (subject to hydrolysis) is 1. The molecule has 0 aliphatic carbocycles. The van der Waals surface area contributed by atoms with Gasteiger partial charge in [-0.3, -0.25) is 10.1 Å². The summed E-state index contributed by atoms with van der Waals surface area (Å²) in [4.78, 5) is 35.6. The van der Waals surface area contributed by atoms with Crippen molar-refractivity contribution in [1.29, 1.82) is 0 Å². The number of nitrogens with one attached hydrogen (secondary N) is 1. The molecule has 0 aliphatic rings. The Morgan fingerprint density at radius 3 is 2.21 bits per heavy atom. The van der Waals surface area contributed by atoms with Gasteiger partial charge in [-0.15, -0.1) is 0 Å². The second-order valence-electron chi connectivity index (χ2n) is 6.12. The van der Waals surface area contributed by atoms with Crippen molar-refractivity contribution >= 4 is 24.0 Å². The Labute approximate surface area is 163 Å². The van der Waals surface area contributed by atoms with Gasteiger partial charge in [-0.2, -0.15) is 0 Å². The zero-order valence-corrected chi connectivity index (χ0v) is 15.9. The molecular formula is C21H22N2O5. The van der Waals surface area contributed by atoms with Crippen LogP contribution in [0.1, 0.15) is 32.6 Å². The molecule has 0 unspecified atom stereocenters. The summed E-state index contributed by atoms with van der Waals surface area (Å²) in [5, 5.41) is 2.41. The summed E-state index contributed by atoms with van der Waals surface area (Å²) in [7, 11) is 1.21. The molecular weight excluding hydrogens is 360 g/mol. The molecule has 7 nitrogen and oxygen atoms in total. The van der Waals surface area contributed by atoms with Gasteiger partial charge in [-0.25, -0.2) is 9.59 Å². The molecule has 7 heteroatoms. The van der Waals surface area contributed by atoms with E-state index in [0.29, 0.717) is 11.1 Å². The van der Waals surface area contributed by atoms with Gasteiger partial charge in [0.1, 0.15) is 12.3 Å². The first-order valence-corrected chi connectivity index (χ1v) is 8.50. The summed E-state index contributed by atoms with van der Waals surface area (Å²) < 4.78 is 9.88. The van der Waals surface area contributed by atoms with E-state index >= 15 is 0 Å². The predicted octanol–water partition coefficient (Wildman–Crippen LogP) is 2.84. The summed E-state index contributed by atoms with van der Waals surface area (Å²) in [6, 6.07) is 12.4. The number of esters is 1. The highest BCUT2D eigenvalue weighted by Crippen LogP contribution is 2.20. The highest BCUT2D eigenvalue weighted by Gasteiger charge is 2.16. The summed E-state index contributed by atoms with van der Waals surface area (Å²) in [5.74, 6) is -1.27. The van der Waals surface area contributed by atoms with Crippen LogP contribution in [0.3, 0.4) is 0 Å². The van der Waals surface area contributed by atoms with E-state index in [-0.39, 0.29) is 12.3 Å². The Balaban J connectivity index is 2.22. The summed E-state index contributed by atoms with van der Waals surface area (Å²) in [6.07, 6.45) is 0.690. The first-order chi connectivity index (χ1) is 13.3. The number of hydrogen-bond donors (Lipinski definition) is 2. The van der Waals surface area contributed by atoms with Crippen LogP contribution >= 0.6 is 0 Å². The molecule has 0 aliphatic heterocycles. The highest BCUT2D eigenvalue weighted by molar-refractivity contribution is 5.98. The van der Waals surface area contributed by atoms with Gasteiger partial charge in [0.15, 0.2) is 0 Å². The van der Waals surface area contributed by atoms with Crippen molar-refractivity contribution in [2.45, 2.75) is 20.5 Å². The molecule has 2 amide bonds. The van der Waals surface area contributed by atoms with Crippen molar-refractivity contribution in [3.8, 4) is 0 Å². The first-order valence-electron chi connectivity index (χ1n) is 8.50. The average molecular weight is 382 g/mol. The Morgan fingerprint density at radius 2 is 1.68 bits per heavy atom. The molecule has 3 N–H and O–H groups in total. The number of rotatable bonds is 6. The molecule has 0 saturated heterocycles. The quantitative estimate of drug-likeness (QED) is 0.590. The average Bonchev–Trinajstić information content (AvgIpc) is 2.68. The van der Waals surface area contributed by atoms with E-state index < -0.39 is 18.0 Å². The molecule has 0 heterocycles. The van der Waals surface area contributed by atoms with Gasteiger partial charge in [0.25, 0.3) is 0 Å². The third kappa shape index (κ3) is 5.44. The lowest BCUT2D eigenvalue weighted by Crippen LogP contribution is -2.28. The standard InChI is InChI=1S/C21H22N2O5/c1-13-9-16(19(22)24)10-14(2)17(13)11-18(20(25)27-3)23-21(26)28-12-15-7-5-4-6-8-15/h4-11H,12H2,1-3H3,(H2,22,24)(H,23,26)/b18-11-. The molecule has 2 aromatic rings. The van der Waals surface area contributed by atoms with Gasteiger partial charge in [0.05, 0.1) is 7.11 Å². The molecule has 0 fully saturated rings. The number of carbonyl (C=O) groups excluding carboxylic acids is 3. The second-order valence-corrected chi connectivity index (χ2v) is 6.12. The van der Waals surface area contributed by atoms with E-state index in [1.165, 1.54) is 13.2 Å². The van der Waals surface area contributed by atoms with Crippen molar-refractivity contribution < 1.29 is 23.9 Å². The van der Waals surface area contributed by atoms with E-state index in [0.717, 1.165) is 16.7 Å². The molecule has 0 spiro atoms. The van der Waals surface area contributed by atoms with Gasteiger partial charge >= 0.3 is 12.1 Å². The van der Waals surface area contributed by atoms with Crippen LogP contribution in [-0.4, -0.2) is 25.1 Å². The van der Waals surface area contributed by atoms with Gasteiger partial charge in [-0.05, 0) is 54.3 Å². The van der Waals surface area contributed by atoms with Crippen molar-refractivity contribution in [3.63, 3.8) is 0 Å². The van der Waals surface area contributed by atoms with Crippen molar-refractivity contribution in [2.24, 2.45) is 5.73 Å². The SMILES string of the molecule is COC(=O)/C(=C/c1c(C)cc(C(N)=O)cc1C)NC(=O)OCc1ccccc1. The van der Waals surface area contributed by atoms with Crippen molar-refractivity contribution in [1.82, 2.24) is 5.32 Å². The molecule has 2 rings (SSSR count). The number of nitrogens with two attached hydrogens (primary N) is 1. The molecule has 0 atom stereocenters. The molecule has 0 saturated carbocycles. The maximum Gasteiger partial charge on any atom is 0.412 e. The number of methoxy groups -OCH3 is 1. The topological polar surface area (TPSA) is 108 Å². The van der Waals surface area contributed by atoms with E-state index in [4.69, 9.17) is 15.2 Å². The van der Waals surface area contributed by atoms with E-state index in [1.807, 2.05) is 30.3 Å². The lowest BCUT2D eigenvalue weighted by Gasteiger charge is -2.12. The van der Waals surface area contributed by atoms with Crippen LogP contribution in [0.4, 0.5) is 4.79 Å². The fourth-order valence-electron chi connectivity index (χ4n) is 2.61. The Morgan fingerprint density at radius 1 is 1.07 bits per heavy atom. The Hall–Kier alpha value is -3.61. The Kier molecular flexibility index (Phi) is 6.92. The van der Waals surface area contributed by atoms with Crippen molar-refractivity contribution in [2.75, 3.05) is 7.11 Å². The molecule has 146 valence electrons. The number of carbonyl (C=O) groups is 3. The van der Waals surface area contributed by atoms with Gasteiger partial charge < -0.3 is 15.2 Å². The zero-order chi connectivity index (χ0) is 20.7. The summed E-state index contributed by atoms with van der Waals surface area (Å²) in [5.41, 5.74) is 8.51. The number of aryl methyl sites for hydroxylation is 2. The number of amides is 2. The van der Waals surface area contributed by atoms with Gasteiger partial charge in [-0.1, -0.05) is 30.3 Å². The third-order valence-electron chi connectivity index (χ3n) is 4.02. The second kappa shape index (κ2) is 9.36. The smallest absolute Gasteiger partial charge is 0.412 e. The third-order valence-corrected chi connectivity index (χ3v) is 4.02. The molecule has 0 bridgehead atoms. The van der Waals surface area contributed by atoms with Crippen LogP contribution in [0.2, 0.25) is 0 Å². The van der Waals surface area contributed by atoms with E-state index in [2.05, 4.69) is 5.32 Å². The van der Waals surface area contributed by atoms with Crippen LogP contribution in [0, 0.1) is 13.8 Å². The van der Waals surface area contributed by atoms with Crippen LogP contribution < -0.4 is 11.1 Å². The summed E-state index contributed by atoms with van der Waals surface area (Å²) >= 11 is 0. The fraction of sp³-hybridized carbons (Fsp3) is 0.190. The van der Waals surface area contributed by atoms with Crippen LogP contribution in [0.25, 0.3) is 6.08 Å². The van der Waals surface area contributed by atoms with Crippen molar-refractivity contribution in [3.05, 3.63) is 76.0 Å². The van der Waals surface area contributed by atoms with E-state index in [1.54, 1.807) is 26.0 Å². The van der Waals surface area contributed by atoms with E-state index in [9.17, 15) is 14.4 Å². The largest absolute Gasteiger partial charge is 0.464 e. The highest BCUT2D eigenvalue weighted by atomic mass is 16.6. The van der Waals surface area contributed by atoms with Gasteiger partial charge in [0.2, 0.25) is 5.91 Å². The minimum atomic E-state index is -0.787. The minimum Gasteiger partial charge on any atom is -0.464 e. The molecule has 2 aromatic carbocycles. The lowest BCUT2D eigenvalue weighted by molar-refractivity contribution is -0.136. The first kappa shape index (κ1) is 20.7. The lowest BCUT2D eigenvalue weighted by atomic mass is 9.98. The maximum absolute atomic E-state index is 12.1.